The molecule has 29 heavy (non-hydrogen) atoms. The number of hydrogen-bond acceptors (Lipinski definition) is 4. The minimum atomic E-state index is -0.577. The van der Waals surface area contributed by atoms with Crippen LogP contribution >= 0.6 is 0 Å². The molecule has 0 amide bonds. The van der Waals surface area contributed by atoms with Crippen molar-refractivity contribution in [3.63, 3.8) is 0 Å². The van der Waals surface area contributed by atoms with Crippen molar-refractivity contribution in [3.8, 4) is 0 Å². The largest absolute Gasteiger partial charge is 0.481 e. The fraction of sp³-hybridized carbons (Fsp3) is 0.958. The topological polar surface area (TPSA) is 98.0 Å². The second-order valence-electron chi connectivity index (χ2n) is 8.25. The number of carbonyl (C=O) groups is 1. The first-order chi connectivity index (χ1) is 14.1. The highest BCUT2D eigenvalue weighted by molar-refractivity contribution is 5.69. The summed E-state index contributed by atoms with van der Waals surface area (Å²) in [7, 11) is 0. The van der Waals surface area contributed by atoms with Crippen LogP contribution in [0.4, 0.5) is 0 Å². The molecule has 0 aromatic rings. The van der Waals surface area contributed by atoms with Crippen molar-refractivity contribution >= 4 is 5.97 Å². The van der Waals surface area contributed by atoms with Gasteiger partial charge in [0.2, 0.25) is 0 Å². The predicted octanol–water partition coefficient (Wildman–Crippen LogP) is 5.55. The molecule has 0 aliphatic carbocycles. The van der Waals surface area contributed by atoms with E-state index < -0.39 is 5.97 Å². The Morgan fingerprint density at radius 3 is 1.38 bits per heavy atom. The highest BCUT2D eigenvalue weighted by Gasteiger charge is 2.16. The van der Waals surface area contributed by atoms with E-state index in [1.165, 1.54) is 64.2 Å². The molecular formula is C24H50O5. The zero-order valence-electron chi connectivity index (χ0n) is 19.3. The molecule has 0 unspecified atom stereocenters. The molecule has 0 atom stereocenters. The number of hydrogen-bond donors (Lipinski definition) is 4. The van der Waals surface area contributed by atoms with Gasteiger partial charge in [-0.05, 0) is 25.7 Å². The van der Waals surface area contributed by atoms with Crippen LogP contribution in [-0.2, 0) is 4.79 Å². The van der Waals surface area contributed by atoms with E-state index in [-0.39, 0.29) is 31.7 Å². The number of aliphatic carboxylic acids is 1. The van der Waals surface area contributed by atoms with Crippen molar-refractivity contribution < 1.29 is 25.2 Å². The van der Waals surface area contributed by atoms with E-state index in [0.29, 0.717) is 12.8 Å². The van der Waals surface area contributed by atoms with Gasteiger partial charge in [-0.25, -0.2) is 0 Å². The van der Waals surface area contributed by atoms with Gasteiger partial charge in [0.1, 0.15) is 0 Å². The first-order valence-electron chi connectivity index (χ1n) is 12.1. The molecule has 5 heteroatoms. The molecule has 0 rings (SSSR count). The van der Waals surface area contributed by atoms with Crippen molar-refractivity contribution in [2.45, 2.75) is 117 Å². The Labute approximate surface area is 179 Å². The fourth-order valence-corrected chi connectivity index (χ4v) is 3.35. The summed E-state index contributed by atoms with van der Waals surface area (Å²) in [5.41, 5.74) is 0. The summed E-state index contributed by atoms with van der Waals surface area (Å²) in [4.78, 5) is 11.2. The smallest absolute Gasteiger partial charge is 0.306 e. The summed E-state index contributed by atoms with van der Waals surface area (Å²) in [6, 6.07) is 0. The maximum atomic E-state index is 11.2. The van der Waals surface area contributed by atoms with Crippen molar-refractivity contribution in [1.82, 2.24) is 0 Å². The SMILES string of the molecule is CCCCCCCCC(CCCCCCCC)C(=O)O.OCCCC(CO)CO. The lowest BCUT2D eigenvalue weighted by Gasteiger charge is -2.12. The van der Waals surface area contributed by atoms with Crippen LogP contribution in [0.3, 0.4) is 0 Å². The van der Waals surface area contributed by atoms with E-state index in [0.717, 1.165) is 25.7 Å². The Bertz CT molecular complexity index is 302. The molecule has 0 aliphatic rings. The molecule has 0 aliphatic heterocycles. The zero-order valence-corrected chi connectivity index (χ0v) is 19.3. The molecular weight excluding hydrogens is 368 g/mol. The minimum absolute atomic E-state index is 0.0104. The molecule has 0 saturated carbocycles. The third-order valence-electron chi connectivity index (χ3n) is 5.45. The highest BCUT2D eigenvalue weighted by atomic mass is 16.4. The van der Waals surface area contributed by atoms with Gasteiger partial charge in [0.25, 0.3) is 0 Å². The molecule has 0 aromatic heterocycles. The van der Waals surface area contributed by atoms with Crippen LogP contribution in [0.15, 0.2) is 0 Å². The summed E-state index contributed by atoms with van der Waals surface area (Å²) in [6.45, 7) is 4.60. The van der Waals surface area contributed by atoms with Gasteiger partial charge in [-0.3, -0.25) is 4.79 Å². The Morgan fingerprint density at radius 1 is 0.621 bits per heavy atom. The number of carboxylic acid groups (broad SMARTS) is 1. The van der Waals surface area contributed by atoms with Gasteiger partial charge in [0.15, 0.2) is 0 Å². The normalized spacial score (nSPS) is 11.0. The first kappa shape index (κ1) is 30.5. The summed E-state index contributed by atoms with van der Waals surface area (Å²) < 4.78 is 0. The molecule has 0 heterocycles. The van der Waals surface area contributed by atoms with Gasteiger partial charge >= 0.3 is 5.97 Å². The van der Waals surface area contributed by atoms with Crippen molar-refractivity contribution in [3.05, 3.63) is 0 Å². The van der Waals surface area contributed by atoms with Gasteiger partial charge in [-0.15, -0.1) is 0 Å². The Hall–Kier alpha value is -0.650. The molecule has 0 bridgehead atoms. The maximum absolute atomic E-state index is 11.2. The number of carboxylic acids is 1. The van der Waals surface area contributed by atoms with E-state index >= 15 is 0 Å². The molecule has 0 aromatic carbocycles. The number of unbranched alkanes of at least 4 members (excludes halogenated alkanes) is 10. The Balaban J connectivity index is 0. The van der Waals surface area contributed by atoms with E-state index in [2.05, 4.69) is 13.8 Å². The van der Waals surface area contributed by atoms with Crippen LogP contribution in [0.2, 0.25) is 0 Å². The lowest BCUT2D eigenvalue weighted by atomic mass is 9.94. The molecule has 0 spiro atoms. The molecule has 0 radical (unpaired) electrons. The molecule has 4 N–H and O–H groups in total. The van der Waals surface area contributed by atoms with Crippen LogP contribution < -0.4 is 0 Å². The van der Waals surface area contributed by atoms with Gasteiger partial charge in [-0.2, -0.15) is 0 Å². The average molecular weight is 419 g/mol. The number of rotatable bonds is 20. The summed E-state index contributed by atoms with van der Waals surface area (Å²) in [5, 5.41) is 34.6. The first-order valence-corrected chi connectivity index (χ1v) is 12.1. The van der Waals surface area contributed by atoms with E-state index in [9.17, 15) is 9.90 Å². The van der Waals surface area contributed by atoms with Gasteiger partial charge in [0, 0.05) is 25.7 Å². The number of aliphatic hydroxyl groups excluding tert-OH is 3. The van der Waals surface area contributed by atoms with Crippen LogP contribution in [0, 0.1) is 11.8 Å². The van der Waals surface area contributed by atoms with E-state index in [4.69, 9.17) is 15.3 Å². The summed E-state index contributed by atoms with van der Waals surface area (Å²) in [5.74, 6) is -0.711. The quantitative estimate of drug-likeness (QED) is 0.194. The monoisotopic (exact) mass is 418 g/mol. The van der Waals surface area contributed by atoms with Crippen LogP contribution in [-0.4, -0.2) is 46.2 Å². The van der Waals surface area contributed by atoms with E-state index in [1.54, 1.807) is 0 Å². The summed E-state index contributed by atoms with van der Waals surface area (Å²) >= 11 is 0. The average Bonchev–Trinajstić information content (AvgIpc) is 2.72. The maximum Gasteiger partial charge on any atom is 0.306 e. The van der Waals surface area contributed by atoms with E-state index in [1.807, 2.05) is 0 Å². The number of aliphatic hydroxyl groups is 3. The van der Waals surface area contributed by atoms with Crippen molar-refractivity contribution in [2.24, 2.45) is 11.8 Å². The van der Waals surface area contributed by atoms with Gasteiger partial charge < -0.3 is 20.4 Å². The zero-order chi connectivity index (χ0) is 22.2. The standard InChI is InChI=1S/C18H36O2.C6H14O3/c1-3-5-7-9-11-13-15-17(18(19)20)16-14-12-10-8-6-4-2;7-3-1-2-6(4-8)5-9/h17H,3-16H2,1-2H3,(H,19,20);6-9H,1-5H2. The third kappa shape index (κ3) is 23.5. The Kier molecular flexibility index (Phi) is 26.7. The van der Waals surface area contributed by atoms with Crippen LogP contribution in [0.5, 0.6) is 0 Å². The van der Waals surface area contributed by atoms with Crippen molar-refractivity contribution in [1.29, 1.82) is 0 Å². The Morgan fingerprint density at radius 2 is 1.03 bits per heavy atom. The van der Waals surface area contributed by atoms with Crippen molar-refractivity contribution in [2.75, 3.05) is 19.8 Å². The minimum Gasteiger partial charge on any atom is -0.481 e. The fourth-order valence-electron chi connectivity index (χ4n) is 3.35. The van der Waals surface area contributed by atoms with Gasteiger partial charge in [-0.1, -0.05) is 90.9 Å². The lowest BCUT2D eigenvalue weighted by molar-refractivity contribution is -0.142. The highest BCUT2D eigenvalue weighted by Crippen LogP contribution is 2.19. The van der Waals surface area contributed by atoms with Gasteiger partial charge in [0.05, 0.1) is 5.92 Å². The molecule has 0 saturated heterocycles. The molecule has 176 valence electrons. The second-order valence-corrected chi connectivity index (χ2v) is 8.25. The second kappa shape index (κ2) is 25.4. The third-order valence-corrected chi connectivity index (χ3v) is 5.45. The molecule has 0 fully saturated rings. The molecule has 5 nitrogen and oxygen atoms in total. The predicted molar refractivity (Wildman–Crippen MR) is 121 cm³/mol. The van der Waals surface area contributed by atoms with Crippen LogP contribution in [0.25, 0.3) is 0 Å². The van der Waals surface area contributed by atoms with Crippen LogP contribution in [0.1, 0.15) is 117 Å². The summed E-state index contributed by atoms with van der Waals surface area (Å²) in [6.07, 6.45) is 18.1. The lowest BCUT2D eigenvalue weighted by Crippen LogP contribution is -2.13.